The number of amides is 1. The van der Waals surface area contributed by atoms with Gasteiger partial charge in [0.25, 0.3) is 5.91 Å². The van der Waals surface area contributed by atoms with E-state index in [-0.39, 0.29) is 18.7 Å². The van der Waals surface area contributed by atoms with Crippen molar-refractivity contribution >= 4 is 23.2 Å². The van der Waals surface area contributed by atoms with Gasteiger partial charge >= 0.3 is 5.97 Å². The van der Waals surface area contributed by atoms with E-state index in [1.54, 1.807) is 5.38 Å². The summed E-state index contributed by atoms with van der Waals surface area (Å²) in [7, 11) is 0. The molecule has 0 spiro atoms. The average Bonchev–Trinajstić information content (AvgIpc) is 3.08. The van der Waals surface area contributed by atoms with Crippen LogP contribution in [0.4, 0.5) is 0 Å². The van der Waals surface area contributed by atoms with Crippen molar-refractivity contribution < 1.29 is 14.7 Å². The first-order chi connectivity index (χ1) is 9.60. The van der Waals surface area contributed by atoms with Crippen LogP contribution >= 0.6 is 11.3 Å². The molecule has 2 heterocycles. The van der Waals surface area contributed by atoms with Crippen LogP contribution in [0.15, 0.2) is 17.9 Å². The van der Waals surface area contributed by atoms with Crippen LogP contribution in [0, 0.1) is 0 Å². The highest BCUT2D eigenvalue weighted by Crippen LogP contribution is 2.09. The van der Waals surface area contributed by atoms with Crippen molar-refractivity contribution in [2.24, 2.45) is 5.73 Å². The molecule has 2 aromatic heterocycles. The molecular weight excluding hydrogens is 282 g/mol. The van der Waals surface area contributed by atoms with E-state index in [1.165, 1.54) is 23.9 Å². The number of nitrogens with one attached hydrogen (secondary N) is 2. The third-order valence-electron chi connectivity index (χ3n) is 2.54. The van der Waals surface area contributed by atoms with Crippen LogP contribution in [0.2, 0.25) is 0 Å². The number of carbonyl (C=O) groups is 2. The minimum atomic E-state index is -1.12. The standard InChI is InChI=1S/C11H13N5O3S/c12-2-9-15-8(4-20-9)10(17)16-7(11(18)19)1-6-3-13-5-14-6/h3-5,7H,1-2,12H2,(H,13,14)(H,16,17)(H,18,19)/t7-/m1/s1. The molecule has 0 bridgehead atoms. The van der Waals surface area contributed by atoms with Crippen LogP contribution < -0.4 is 11.1 Å². The second-order valence-corrected chi connectivity index (χ2v) is 4.92. The van der Waals surface area contributed by atoms with Gasteiger partial charge in [-0.25, -0.2) is 14.8 Å². The highest BCUT2D eigenvalue weighted by molar-refractivity contribution is 7.09. The third-order valence-corrected chi connectivity index (χ3v) is 3.41. The van der Waals surface area contributed by atoms with Gasteiger partial charge in [0.2, 0.25) is 0 Å². The lowest BCUT2D eigenvalue weighted by Crippen LogP contribution is -2.42. The molecule has 0 saturated heterocycles. The third kappa shape index (κ3) is 3.39. The van der Waals surface area contributed by atoms with E-state index in [2.05, 4.69) is 20.3 Å². The Labute approximate surface area is 118 Å². The number of hydrogen-bond donors (Lipinski definition) is 4. The summed E-state index contributed by atoms with van der Waals surface area (Å²) in [5.41, 5.74) is 6.21. The Morgan fingerprint density at radius 1 is 1.55 bits per heavy atom. The lowest BCUT2D eigenvalue weighted by Gasteiger charge is -2.12. The number of aliphatic carboxylic acids is 1. The smallest absolute Gasteiger partial charge is 0.326 e. The van der Waals surface area contributed by atoms with Crippen molar-refractivity contribution in [3.05, 3.63) is 34.3 Å². The first-order valence-corrected chi connectivity index (χ1v) is 6.63. The number of carboxylic acid groups (broad SMARTS) is 1. The predicted molar refractivity (Wildman–Crippen MR) is 71.2 cm³/mol. The Morgan fingerprint density at radius 3 is 2.90 bits per heavy atom. The molecule has 1 atom stereocenters. The van der Waals surface area contributed by atoms with Gasteiger partial charge in [0.15, 0.2) is 0 Å². The number of carbonyl (C=O) groups excluding carboxylic acids is 1. The minimum absolute atomic E-state index is 0.120. The van der Waals surface area contributed by atoms with Crippen LogP contribution in [-0.2, 0) is 17.8 Å². The fourth-order valence-corrected chi connectivity index (χ4v) is 2.21. The Bertz CT molecular complexity index is 595. The van der Waals surface area contributed by atoms with E-state index in [1.807, 2.05) is 0 Å². The van der Waals surface area contributed by atoms with Crippen LogP contribution in [-0.4, -0.2) is 38.0 Å². The van der Waals surface area contributed by atoms with Crippen molar-refractivity contribution in [1.82, 2.24) is 20.3 Å². The average molecular weight is 295 g/mol. The number of aromatic nitrogens is 3. The summed E-state index contributed by atoms with van der Waals surface area (Å²) in [4.78, 5) is 33.7. The molecule has 0 radical (unpaired) electrons. The highest BCUT2D eigenvalue weighted by Gasteiger charge is 2.22. The molecule has 106 valence electrons. The van der Waals surface area contributed by atoms with E-state index in [0.29, 0.717) is 10.7 Å². The Balaban J connectivity index is 2.04. The van der Waals surface area contributed by atoms with E-state index in [4.69, 9.17) is 10.8 Å². The number of H-pyrrole nitrogens is 1. The van der Waals surface area contributed by atoms with Crippen molar-refractivity contribution in [3.8, 4) is 0 Å². The molecular formula is C11H13N5O3S. The summed E-state index contributed by atoms with van der Waals surface area (Å²) in [6.45, 7) is 0.244. The van der Waals surface area contributed by atoms with E-state index >= 15 is 0 Å². The van der Waals surface area contributed by atoms with Crippen molar-refractivity contribution in [2.75, 3.05) is 0 Å². The molecule has 2 rings (SSSR count). The quantitative estimate of drug-likeness (QED) is 0.580. The van der Waals surface area contributed by atoms with Crippen LogP contribution in [0.3, 0.4) is 0 Å². The number of nitrogens with zero attached hydrogens (tertiary/aromatic N) is 2. The Kier molecular flexibility index (Phi) is 4.43. The number of aromatic amines is 1. The van der Waals surface area contributed by atoms with Crippen molar-refractivity contribution in [1.29, 1.82) is 0 Å². The van der Waals surface area contributed by atoms with Gasteiger partial charge in [0, 0.05) is 30.2 Å². The summed E-state index contributed by atoms with van der Waals surface area (Å²) in [5, 5.41) is 13.7. The summed E-state index contributed by atoms with van der Waals surface area (Å²) in [5.74, 6) is -1.66. The van der Waals surface area contributed by atoms with Gasteiger partial charge in [-0.1, -0.05) is 0 Å². The normalized spacial score (nSPS) is 12.1. The largest absolute Gasteiger partial charge is 0.480 e. The fraction of sp³-hybridized carbons (Fsp3) is 0.273. The number of thiazole rings is 1. The number of imidazole rings is 1. The first kappa shape index (κ1) is 14.2. The van der Waals surface area contributed by atoms with Crippen molar-refractivity contribution in [3.63, 3.8) is 0 Å². The highest BCUT2D eigenvalue weighted by atomic mass is 32.1. The molecule has 0 saturated carbocycles. The maximum absolute atomic E-state index is 11.9. The zero-order chi connectivity index (χ0) is 14.5. The topological polar surface area (TPSA) is 134 Å². The maximum Gasteiger partial charge on any atom is 0.326 e. The molecule has 0 aliphatic carbocycles. The Morgan fingerprint density at radius 2 is 2.35 bits per heavy atom. The summed E-state index contributed by atoms with van der Waals surface area (Å²) in [6.07, 6.45) is 3.08. The SMILES string of the molecule is NCc1nc(C(=O)N[C@H](Cc2cnc[nH]2)C(=O)O)cs1. The summed E-state index contributed by atoms with van der Waals surface area (Å²) < 4.78 is 0. The molecule has 20 heavy (non-hydrogen) atoms. The Hall–Kier alpha value is -2.26. The molecule has 2 aromatic rings. The molecule has 0 unspecified atom stereocenters. The second kappa shape index (κ2) is 6.26. The van der Waals surface area contributed by atoms with E-state index in [0.717, 1.165) is 0 Å². The van der Waals surface area contributed by atoms with E-state index in [9.17, 15) is 9.59 Å². The van der Waals surface area contributed by atoms with Crippen LogP contribution in [0.1, 0.15) is 21.2 Å². The molecule has 0 aromatic carbocycles. The number of rotatable bonds is 6. The molecule has 0 aliphatic heterocycles. The number of carboxylic acids is 1. The maximum atomic E-state index is 11.9. The molecule has 5 N–H and O–H groups in total. The van der Waals surface area contributed by atoms with Gasteiger partial charge < -0.3 is 21.1 Å². The van der Waals surface area contributed by atoms with Crippen molar-refractivity contribution in [2.45, 2.75) is 19.0 Å². The molecule has 9 heteroatoms. The zero-order valence-corrected chi connectivity index (χ0v) is 11.2. The fourth-order valence-electron chi connectivity index (χ4n) is 1.56. The summed E-state index contributed by atoms with van der Waals surface area (Å²) in [6, 6.07) is -1.05. The summed E-state index contributed by atoms with van der Waals surface area (Å²) >= 11 is 1.26. The van der Waals surface area contributed by atoms with Gasteiger partial charge in [0.1, 0.15) is 16.7 Å². The predicted octanol–water partition coefficient (Wildman–Crippen LogP) is -0.249. The lowest BCUT2D eigenvalue weighted by molar-refractivity contribution is -0.139. The zero-order valence-electron chi connectivity index (χ0n) is 10.4. The number of hydrogen-bond acceptors (Lipinski definition) is 6. The molecule has 0 aliphatic rings. The van der Waals surface area contributed by atoms with Crippen LogP contribution in [0.25, 0.3) is 0 Å². The van der Waals surface area contributed by atoms with Gasteiger partial charge in [-0.2, -0.15) is 0 Å². The van der Waals surface area contributed by atoms with Crippen LogP contribution in [0.5, 0.6) is 0 Å². The molecule has 0 fully saturated rings. The van der Waals surface area contributed by atoms with Gasteiger partial charge in [-0.3, -0.25) is 4.79 Å². The monoisotopic (exact) mass is 295 g/mol. The van der Waals surface area contributed by atoms with Gasteiger partial charge in [0.05, 0.1) is 6.33 Å². The lowest BCUT2D eigenvalue weighted by atomic mass is 10.1. The molecule has 1 amide bonds. The van der Waals surface area contributed by atoms with Gasteiger partial charge in [-0.05, 0) is 0 Å². The minimum Gasteiger partial charge on any atom is -0.480 e. The second-order valence-electron chi connectivity index (χ2n) is 3.98. The number of nitrogens with two attached hydrogens (primary N) is 1. The molecule has 8 nitrogen and oxygen atoms in total. The first-order valence-electron chi connectivity index (χ1n) is 5.75. The van der Waals surface area contributed by atoms with E-state index < -0.39 is 17.9 Å². The van der Waals surface area contributed by atoms with Gasteiger partial charge in [-0.15, -0.1) is 11.3 Å².